The first-order valence-corrected chi connectivity index (χ1v) is 8.45. The van der Waals surface area contributed by atoms with E-state index >= 15 is 0 Å². The molecule has 3 heterocycles. The summed E-state index contributed by atoms with van der Waals surface area (Å²) in [5.41, 5.74) is -0.527. The molecule has 2 aromatic rings. The number of furan rings is 1. The number of hydrogen-bond acceptors (Lipinski definition) is 6. The molecule has 0 spiro atoms. The van der Waals surface area contributed by atoms with Crippen molar-refractivity contribution in [2.45, 2.75) is 26.2 Å². The van der Waals surface area contributed by atoms with Gasteiger partial charge >= 0.3 is 5.97 Å². The van der Waals surface area contributed by atoms with Crippen molar-refractivity contribution in [2.24, 2.45) is 5.41 Å². The summed E-state index contributed by atoms with van der Waals surface area (Å²) in [4.78, 5) is 30.4. The first-order valence-electron chi connectivity index (χ1n) is 8.45. The van der Waals surface area contributed by atoms with E-state index in [1.807, 2.05) is 0 Å². The summed E-state index contributed by atoms with van der Waals surface area (Å²) >= 11 is 0. The summed E-state index contributed by atoms with van der Waals surface area (Å²) in [7, 11) is 1.47. The molecule has 3 rings (SSSR count). The van der Waals surface area contributed by atoms with Crippen LogP contribution in [-0.2, 0) is 20.7 Å². The lowest BCUT2D eigenvalue weighted by atomic mass is 9.80. The summed E-state index contributed by atoms with van der Waals surface area (Å²) in [6, 6.07) is 3.46. The maximum absolute atomic E-state index is 12.7. The van der Waals surface area contributed by atoms with Crippen LogP contribution in [0.2, 0.25) is 0 Å². The van der Waals surface area contributed by atoms with Crippen molar-refractivity contribution in [3.8, 4) is 11.7 Å². The fourth-order valence-corrected chi connectivity index (χ4v) is 3.33. The lowest BCUT2D eigenvalue weighted by Gasteiger charge is -2.39. The number of piperidine rings is 1. The second-order valence-electron chi connectivity index (χ2n) is 6.61. The summed E-state index contributed by atoms with van der Waals surface area (Å²) in [5.74, 6) is 0.259. The van der Waals surface area contributed by atoms with E-state index in [0.29, 0.717) is 42.5 Å². The number of carbonyl (C=O) groups is 2. The molecule has 1 aliphatic heterocycles. The standard InChI is InChI=1S/C18H22N2O6/c1-12-13(19-16(26-12)14-5-3-8-25-14)9-15(21)20-7-4-6-18(10-20,11-24-2)17(22)23/h3,5,8H,4,6-7,9-11H2,1-2H3,(H,22,23). The van der Waals surface area contributed by atoms with E-state index < -0.39 is 11.4 Å². The fraction of sp³-hybridized carbons (Fsp3) is 0.500. The van der Waals surface area contributed by atoms with E-state index in [-0.39, 0.29) is 25.5 Å². The molecular weight excluding hydrogens is 340 g/mol. The van der Waals surface area contributed by atoms with Gasteiger partial charge in [-0.05, 0) is 31.9 Å². The van der Waals surface area contributed by atoms with Gasteiger partial charge in [0.05, 0.1) is 25.0 Å². The highest BCUT2D eigenvalue weighted by Crippen LogP contribution is 2.31. The fourth-order valence-electron chi connectivity index (χ4n) is 3.33. The molecule has 1 aliphatic rings. The van der Waals surface area contributed by atoms with Crippen LogP contribution in [0.25, 0.3) is 11.7 Å². The Morgan fingerprint density at radius 2 is 2.27 bits per heavy atom. The molecule has 0 radical (unpaired) electrons. The average molecular weight is 362 g/mol. The molecule has 1 amide bonds. The minimum absolute atomic E-state index is 0.0543. The maximum atomic E-state index is 12.7. The summed E-state index contributed by atoms with van der Waals surface area (Å²) in [6.45, 7) is 2.49. The zero-order valence-electron chi connectivity index (χ0n) is 14.9. The number of carboxylic acid groups (broad SMARTS) is 1. The minimum Gasteiger partial charge on any atom is -0.481 e. The van der Waals surface area contributed by atoms with E-state index in [9.17, 15) is 14.7 Å². The van der Waals surface area contributed by atoms with Gasteiger partial charge in [-0.1, -0.05) is 0 Å². The number of likely N-dealkylation sites (tertiary alicyclic amines) is 1. The van der Waals surface area contributed by atoms with Crippen molar-refractivity contribution < 1.29 is 28.3 Å². The Bertz CT molecular complexity index is 778. The third kappa shape index (κ3) is 3.50. The predicted molar refractivity (Wildman–Crippen MR) is 90.4 cm³/mol. The van der Waals surface area contributed by atoms with E-state index in [4.69, 9.17) is 13.6 Å². The van der Waals surface area contributed by atoms with Crippen molar-refractivity contribution in [2.75, 3.05) is 26.8 Å². The van der Waals surface area contributed by atoms with Gasteiger partial charge in [0.2, 0.25) is 5.91 Å². The number of amides is 1. The molecule has 140 valence electrons. The van der Waals surface area contributed by atoms with Gasteiger partial charge < -0.3 is 23.6 Å². The molecule has 26 heavy (non-hydrogen) atoms. The number of methoxy groups -OCH3 is 1. The molecule has 8 heteroatoms. The Hall–Kier alpha value is -2.61. The molecule has 8 nitrogen and oxygen atoms in total. The number of rotatable bonds is 6. The second-order valence-corrected chi connectivity index (χ2v) is 6.61. The molecule has 1 unspecified atom stereocenters. The molecule has 1 atom stereocenters. The van der Waals surface area contributed by atoms with Crippen molar-refractivity contribution >= 4 is 11.9 Å². The Morgan fingerprint density at radius 1 is 1.46 bits per heavy atom. The lowest BCUT2D eigenvalue weighted by Crippen LogP contribution is -2.52. The molecule has 1 N–H and O–H groups in total. The minimum atomic E-state index is -1.05. The van der Waals surface area contributed by atoms with Gasteiger partial charge in [0.1, 0.15) is 11.2 Å². The van der Waals surface area contributed by atoms with Gasteiger partial charge in [0.25, 0.3) is 5.89 Å². The molecule has 1 saturated heterocycles. The quantitative estimate of drug-likeness (QED) is 0.839. The predicted octanol–water partition coefficient (Wildman–Crippen LogP) is 2.13. The highest BCUT2D eigenvalue weighted by atomic mass is 16.5. The highest BCUT2D eigenvalue weighted by Gasteiger charge is 2.43. The Morgan fingerprint density at radius 3 is 2.92 bits per heavy atom. The molecule has 0 saturated carbocycles. The van der Waals surface area contributed by atoms with Crippen LogP contribution >= 0.6 is 0 Å². The van der Waals surface area contributed by atoms with E-state index in [1.54, 1.807) is 24.0 Å². The zero-order chi connectivity index (χ0) is 18.7. The number of oxazole rings is 1. The number of carboxylic acids is 1. The summed E-state index contributed by atoms with van der Waals surface area (Å²) < 4.78 is 15.9. The summed E-state index contributed by atoms with van der Waals surface area (Å²) in [5, 5.41) is 9.61. The van der Waals surface area contributed by atoms with Crippen LogP contribution in [0, 0.1) is 12.3 Å². The van der Waals surface area contributed by atoms with Crippen LogP contribution in [0.4, 0.5) is 0 Å². The third-order valence-corrected chi connectivity index (χ3v) is 4.75. The van der Waals surface area contributed by atoms with Crippen LogP contribution in [-0.4, -0.2) is 53.7 Å². The van der Waals surface area contributed by atoms with E-state index in [1.165, 1.54) is 13.4 Å². The molecule has 1 fully saturated rings. The van der Waals surface area contributed by atoms with E-state index in [2.05, 4.69) is 4.98 Å². The lowest BCUT2D eigenvalue weighted by molar-refractivity contribution is -0.159. The number of ether oxygens (including phenoxy) is 1. The zero-order valence-corrected chi connectivity index (χ0v) is 14.9. The first kappa shape index (κ1) is 18.2. The number of carbonyl (C=O) groups excluding carboxylic acids is 1. The molecule has 0 bridgehead atoms. The number of aliphatic carboxylic acids is 1. The maximum Gasteiger partial charge on any atom is 0.313 e. The van der Waals surface area contributed by atoms with Crippen molar-refractivity contribution in [1.82, 2.24) is 9.88 Å². The Kier molecular flexibility index (Phi) is 5.13. The van der Waals surface area contributed by atoms with E-state index in [0.717, 1.165) is 0 Å². The molecule has 0 aliphatic carbocycles. The number of aromatic nitrogens is 1. The number of hydrogen-bond donors (Lipinski definition) is 1. The normalized spacial score (nSPS) is 20.3. The number of nitrogens with zero attached hydrogens (tertiary/aromatic N) is 2. The van der Waals surface area contributed by atoms with Gasteiger partial charge in [0, 0.05) is 20.2 Å². The van der Waals surface area contributed by atoms with Gasteiger partial charge in [-0.15, -0.1) is 0 Å². The average Bonchev–Trinajstić information content (AvgIpc) is 3.25. The van der Waals surface area contributed by atoms with Crippen LogP contribution in [0.15, 0.2) is 27.2 Å². The van der Waals surface area contributed by atoms with Gasteiger partial charge in [-0.25, -0.2) is 4.98 Å². The topological polar surface area (TPSA) is 106 Å². The summed E-state index contributed by atoms with van der Waals surface area (Å²) in [6.07, 6.45) is 2.69. The first-order chi connectivity index (χ1) is 12.4. The molecular formula is C18H22N2O6. The van der Waals surface area contributed by atoms with Gasteiger partial charge in [0.15, 0.2) is 5.76 Å². The second kappa shape index (κ2) is 7.33. The monoisotopic (exact) mass is 362 g/mol. The van der Waals surface area contributed by atoms with Gasteiger partial charge in [-0.3, -0.25) is 9.59 Å². The van der Waals surface area contributed by atoms with Crippen LogP contribution < -0.4 is 0 Å². The van der Waals surface area contributed by atoms with Gasteiger partial charge in [-0.2, -0.15) is 0 Å². The van der Waals surface area contributed by atoms with Crippen LogP contribution in [0.1, 0.15) is 24.3 Å². The SMILES string of the molecule is COCC1(C(=O)O)CCCN(C(=O)Cc2nc(-c3ccco3)oc2C)C1. The van der Waals surface area contributed by atoms with Crippen molar-refractivity contribution in [1.29, 1.82) is 0 Å². The smallest absolute Gasteiger partial charge is 0.313 e. The molecule has 2 aromatic heterocycles. The van der Waals surface area contributed by atoms with Crippen molar-refractivity contribution in [3.63, 3.8) is 0 Å². The Balaban J connectivity index is 1.73. The van der Waals surface area contributed by atoms with Crippen LogP contribution in [0.5, 0.6) is 0 Å². The highest BCUT2D eigenvalue weighted by molar-refractivity contribution is 5.81. The molecule has 0 aromatic carbocycles. The van der Waals surface area contributed by atoms with Crippen LogP contribution in [0.3, 0.4) is 0 Å². The number of aryl methyl sites for hydroxylation is 1. The third-order valence-electron chi connectivity index (χ3n) is 4.75. The largest absolute Gasteiger partial charge is 0.481 e. The van der Waals surface area contributed by atoms with Crippen molar-refractivity contribution in [3.05, 3.63) is 29.9 Å². The Labute approximate surface area is 150 Å².